The van der Waals surface area contributed by atoms with Gasteiger partial charge in [-0.1, -0.05) is 29.8 Å². The molecule has 1 unspecified atom stereocenters. The Kier molecular flexibility index (Phi) is 5.74. The van der Waals surface area contributed by atoms with Crippen LogP contribution in [0.5, 0.6) is 0 Å². The van der Waals surface area contributed by atoms with Gasteiger partial charge < -0.3 is 15.6 Å². The van der Waals surface area contributed by atoms with Crippen LogP contribution >= 0.6 is 0 Å². The summed E-state index contributed by atoms with van der Waals surface area (Å²) in [6.07, 6.45) is -4.56. The summed E-state index contributed by atoms with van der Waals surface area (Å²) in [5, 5.41) is 9.45. The number of ether oxygens (including phenoxy) is 1. The molecule has 0 amide bonds. The molecule has 0 radical (unpaired) electrons. The second-order valence-electron chi connectivity index (χ2n) is 4.88. The summed E-state index contributed by atoms with van der Waals surface area (Å²) in [5.41, 5.74) is 5.55. The highest BCUT2D eigenvalue weighted by Crippen LogP contribution is 2.28. The Labute approximate surface area is 120 Å². The summed E-state index contributed by atoms with van der Waals surface area (Å²) in [7, 11) is 0. The maximum atomic E-state index is 12.0. The third-order valence-corrected chi connectivity index (χ3v) is 3.30. The van der Waals surface area contributed by atoms with E-state index in [1.54, 1.807) is 24.3 Å². The first-order valence-electron chi connectivity index (χ1n) is 6.36. The number of nitrogens with two attached hydrogens (primary N) is 1. The molecular formula is C14H18F3NO3. The third kappa shape index (κ3) is 4.71. The average molecular weight is 305 g/mol. The molecule has 118 valence electrons. The van der Waals surface area contributed by atoms with Crippen LogP contribution in [0.2, 0.25) is 0 Å². The molecule has 0 bridgehead atoms. The highest BCUT2D eigenvalue weighted by Gasteiger charge is 2.39. The lowest BCUT2D eigenvalue weighted by Gasteiger charge is -2.28. The molecule has 21 heavy (non-hydrogen) atoms. The monoisotopic (exact) mass is 305 g/mol. The van der Waals surface area contributed by atoms with E-state index in [4.69, 9.17) is 5.73 Å². The fraction of sp³-hybridized carbons (Fsp3) is 0.500. The topological polar surface area (TPSA) is 72.5 Å². The molecule has 0 saturated heterocycles. The number of aryl methyl sites for hydroxylation is 1. The minimum atomic E-state index is -4.43. The lowest BCUT2D eigenvalue weighted by Crippen LogP contribution is -2.44. The fourth-order valence-electron chi connectivity index (χ4n) is 1.99. The van der Waals surface area contributed by atoms with Gasteiger partial charge in [0.05, 0.1) is 0 Å². The SMILES string of the molecule is Cc1ccc(C(CN)(CCOCC(F)(F)F)C(=O)O)cc1. The van der Waals surface area contributed by atoms with Crippen LogP contribution in [0.4, 0.5) is 13.2 Å². The number of alkyl halides is 3. The third-order valence-electron chi connectivity index (χ3n) is 3.30. The zero-order valence-electron chi connectivity index (χ0n) is 11.6. The second-order valence-corrected chi connectivity index (χ2v) is 4.88. The molecule has 0 heterocycles. The molecule has 3 N–H and O–H groups in total. The average Bonchev–Trinajstić information content (AvgIpc) is 2.39. The van der Waals surface area contributed by atoms with Crippen molar-refractivity contribution >= 4 is 5.97 Å². The van der Waals surface area contributed by atoms with Crippen molar-refractivity contribution in [1.29, 1.82) is 0 Å². The van der Waals surface area contributed by atoms with Gasteiger partial charge in [0.2, 0.25) is 0 Å². The number of rotatable bonds is 7. The van der Waals surface area contributed by atoms with Gasteiger partial charge in [-0.2, -0.15) is 13.2 Å². The van der Waals surface area contributed by atoms with Gasteiger partial charge in [-0.25, -0.2) is 0 Å². The van der Waals surface area contributed by atoms with Crippen LogP contribution in [0, 0.1) is 6.92 Å². The molecule has 1 aromatic rings. The van der Waals surface area contributed by atoms with Crippen molar-refractivity contribution in [2.45, 2.75) is 24.9 Å². The van der Waals surface area contributed by atoms with E-state index in [2.05, 4.69) is 4.74 Å². The maximum Gasteiger partial charge on any atom is 0.411 e. The van der Waals surface area contributed by atoms with E-state index in [9.17, 15) is 23.1 Å². The Morgan fingerprint density at radius 3 is 2.29 bits per heavy atom. The predicted octanol–water partition coefficient (Wildman–Crippen LogP) is 2.25. The Bertz CT molecular complexity index is 473. The molecule has 1 rings (SSSR count). The van der Waals surface area contributed by atoms with Crippen LogP contribution in [-0.2, 0) is 14.9 Å². The van der Waals surface area contributed by atoms with Crippen LogP contribution < -0.4 is 5.73 Å². The minimum absolute atomic E-state index is 0.127. The van der Waals surface area contributed by atoms with E-state index in [0.717, 1.165) is 5.56 Å². The van der Waals surface area contributed by atoms with Gasteiger partial charge in [0.15, 0.2) is 0 Å². The van der Waals surface area contributed by atoms with Crippen LogP contribution in [0.25, 0.3) is 0 Å². The van der Waals surface area contributed by atoms with Crippen molar-refractivity contribution in [1.82, 2.24) is 0 Å². The molecule has 0 aliphatic rings. The Balaban J connectivity index is 2.84. The van der Waals surface area contributed by atoms with E-state index >= 15 is 0 Å². The van der Waals surface area contributed by atoms with Crippen LogP contribution in [0.1, 0.15) is 17.5 Å². The van der Waals surface area contributed by atoms with Gasteiger partial charge in [0.25, 0.3) is 0 Å². The molecule has 7 heteroatoms. The van der Waals surface area contributed by atoms with E-state index in [1.807, 2.05) is 6.92 Å². The van der Waals surface area contributed by atoms with Crippen molar-refractivity contribution < 1.29 is 27.8 Å². The van der Waals surface area contributed by atoms with Gasteiger partial charge in [-0.05, 0) is 18.9 Å². The summed E-state index contributed by atoms with van der Waals surface area (Å²) >= 11 is 0. The van der Waals surface area contributed by atoms with Gasteiger partial charge in [-0.15, -0.1) is 0 Å². The largest absolute Gasteiger partial charge is 0.481 e. The van der Waals surface area contributed by atoms with Gasteiger partial charge in [0, 0.05) is 13.2 Å². The zero-order chi connectivity index (χ0) is 16.1. The van der Waals surface area contributed by atoms with Gasteiger partial charge in [0.1, 0.15) is 12.0 Å². The van der Waals surface area contributed by atoms with Crippen molar-refractivity contribution in [3.8, 4) is 0 Å². The quantitative estimate of drug-likeness (QED) is 0.758. The van der Waals surface area contributed by atoms with Crippen molar-refractivity contribution in [3.05, 3.63) is 35.4 Å². The molecule has 1 atom stereocenters. The molecule has 0 aromatic heterocycles. The maximum absolute atomic E-state index is 12.0. The normalized spacial score (nSPS) is 14.7. The number of hydrogen-bond donors (Lipinski definition) is 2. The van der Waals surface area contributed by atoms with Crippen LogP contribution in [0.15, 0.2) is 24.3 Å². The number of carboxylic acid groups (broad SMARTS) is 1. The molecule has 0 spiro atoms. The first-order chi connectivity index (χ1) is 9.71. The Morgan fingerprint density at radius 2 is 1.86 bits per heavy atom. The first kappa shape index (κ1) is 17.5. The van der Waals surface area contributed by atoms with Crippen molar-refractivity contribution in [2.24, 2.45) is 5.73 Å². The molecule has 4 nitrogen and oxygen atoms in total. The zero-order valence-corrected chi connectivity index (χ0v) is 11.6. The van der Waals surface area contributed by atoms with E-state index < -0.39 is 24.2 Å². The second kappa shape index (κ2) is 6.91. The van der Waals surface area contributed by atoms with Crippen molar-refractivity contribution in [2.75, 3.05) is 19.8 Å². The summed E-state index contributed by atoms with van der Waals surface area (Å²) < 4.78 is 40.6. The lowest BCUT2D eigenvalue weighted by atomic mass is 9.77. The highest BCUT2D eigenvalue weighted by atomic mass is 19.4. The summed E-state index contributed by atoms with van der Waals surface area (Å²) in [6, 6.07) is 6.72. The van der Waals surface area contributed by atoms with Crippen LogP contribution in [0.3, 0.4) is 0 Å². The number of carboxylic acids is 1. The molecule has 0 saturated carbocycles. The first-order valence-corrected chi connectivity index (χ1v) is 6.36. The number of benzene rings is 1. The summed E-state index contributed by atoms with van der Waals surface area (Å²) in [4.78, 5) is 11.6. The smallest absolute Gasteiger partial charge is 0.411 e. The standard InChI is InChI=1S/C14H18F3NO3/c1-10-2-4-11(5-3-10)13(8-18,12(19)20)6-7-21-9-14(15,16)17/h2-5H,6-9,18H2,1H3,(H,19,20). The molecule has 1 aromatic carbocycles. The molecular weight excluding hydrogens is 287 g/mol. The number of hydrogen-bond acceptors (Lipinski definition) is 3. The van der Waals surface area contributed by atoms with Gasteiger partial charge in [-0.3, -0.25) is 4.79 Å². The Morgan fingerprint density at radius 1 is 1.29 bits per heavy atom. The van der Waals surface area contributed by atoms with Crippen LogP contribution in [-0.4, -0.2) is 37.0 Å². The molecule has 0 fully saturated rings. The van der Waals surface area contributed by atoms with E-state index in [1.165, 1.54) is 0 Å². The highest BCUT2D eigenvalue weighted by molar-refractivity contribution is 5.81. The van der Waals surface area contributed by atoms with Gasteiger partial charge >= 0.3 is 12.1 Å². The van der Waals surface area contributed by atoms with E-state index in [0.29, 0.717) is 5.56 Å². The Hall–Kier alpha value is -1.60. The number of aliphatic carboxylic acids is 1. The number of carbonyl (C=O) groups is 1. The predicted molar refractivity (Wildman–Crippen MR) is 71.0 cm³/mol. The minimum Gasteiger partial charge on any atom is -0.481 e. The summed E-state index contributed by atoms with van der Waals surface area (Å²) in [6.45, 7) is -0.111. The van der Waals surface area contributed by atoms with E-state index in [-0.39, 0.29) is 19.6 Å². The molecule has 0 aliphatic carbocycles. The summed E-state index contributed by atoms with van der Waals surface area (Å²) in [5.74, 6) is -1.18. The fourth-order valence-corrected chi connectivity index (χ4v) is 1.99. The lowest BCUT2D eigenvalue weighted by molar-refractivity contribution is -0.175. The van der Waals surface area contributed by atoms with Crippen molar-refractivity contribution in [3.63, 3.8) is 0 Å². The molecule has 0 aliphatic heterocycles. The number of halogens is 3.